The van der Waals surface area contributed by atoms with E-state index in [0.717, 1.165) is 29.9 Å². The Kier molecular flexibility index (Phi) is 6.18. The van der Waals surface area contributed by atoms with Gasteiger partial charge in [-0.2, -0.15) is 0 Å². The lowest BCUT2D eigenvalue weighted by molar-refractivity contribution is -0.143. The highest BCUT2D eigenvalue weighted by Crippen LogP contribution is 2.31. The summed E-state index contributed by atoms with van der Waals surface area (Å²) < 4.78 is 10.6. The van der Waals surface area contributed by atoms with Crippen LogP contribution in [0.25, 0.3) is 0 Å². The molecule has 1 N–H and O–H groups in total. The lowest BCUT2D eigenvalue weighted by atomic mass is 9.95. The van der Waals surface area contributed by atoms with Crippen molar-refractivity contribution in [2.75, 3.05) is 37.7 Å². The molecule has 30 heavy (non-hydrogen) atoms. The first-order valence-corrected chi connectivity index (χ1v) is 10.3. The van der Waals surface area contributed by atoms with Gasteiger partial charge >= 0.3 is 12.1 Å². The van der Waals surface area contributed by atoms with Crippen molar-refractivity contribution in [3.05, 3.63) is 65.7 Å². The van der Waals surface area contributed by atoms with E-state index in [1.807, 2.05) is 54.6 Å². The smallest absolute Gasteiger partial charge is 0.410 e. The normalized spacial score (nSPS) is 21.4. The lowest BCUT2D eigenvalue weighted by Crippen LogP contribution is -2.48. The van der Waals surface area contributed by atoms with Crippen molar-refractivity contribution >= 4 is 17.7 Å². The van der Waals surface area contributed by atoms with E-state index in [0.29, 0.717) is 19.5 Å². The molecular weight excluding hydrogens is 384 g/mol. The average molecular weight is 410 g/mol. The number of aliphatic hydroxyl groups is 1. The zero-order valence-corrected chi connectivity index (χ0v) is 16.8. The third kappa shape index (κ3) is 4.57. The molecule has 2 fully saturated rings. The van der Waals surface area contributed by atoms with Crippen molar-refractivity contribution in [3.8, 4) is 0 Å². The number of hydrogen-bond acceptors (Lipinski definition) is 6. The maximum Gasteiger partial charge on any atom is 0.410 e. The monoisotopic (exact) mass is 410 g/mol. The van der Waals surface area contributed by atoms with Crippen LogP contribution in [0.3, 0.4) is 0 Å². The number of anilines is 1. The fourth-order valence-corrected chi connectivity index (χ4v) is 3.91. The number of amides is 1. The Morgan fingerprint density at radius 2 is 1.73 bits per heavy atom. The number of hydrogen-bond donors (Lipinski definition) is 1. The van der Waals surface area contributed by atoms with E-state index in [-0.39, 0.29) is 31.2 Å². The predicted octanol–water partition coefficient (Wildman–Crippen LogP) is 2.54. The SMILES string of the molecule is O=C1OC(CO)C[C@@H]1c1ccc(N2CCN(C(=O)OCc3ccccc3)CC2)cc1. The van der Waals surface area contributed by atoms with E-state index in [1.54, 1.807) is 4.90 Å². The van der Waals surface area contributed by atoms with Crippen molar-refractivity contribution in [1.29, 1.82) is 0 Å². The topological polar surface area (TPSA) is 79.3 Å². The molecule has 158 valence electrons. The van der Waals surface area contributed by atoms with Crippen molar-refractivity contribution in [1.82, 2.24) is 4.90 Å². The van der Waals surface area contributed by atoms with Gasteiger partial charge in [-0.05, 0) is 23.3 Å². The fourth-order valence-electron chi connectivity index (χ4n) is 3.91. The molecule has 0 radical (unpaired) electrons. The zero-order chi connectivity index (χ0) is 20.9. The summed E-state index contributed by atoms with van der Waals surface area (Å²) in [5.74, 6) is -0.586. The molecule has 2 aliphatic heterocycles. The number of benzene rings is 2. The van der Waals surface area contributed by atoms with E-state index in [2.05, 4.69) is 4.90 Å². The van der Waals surface area contributed by atoms with Gasteiger partial charge < -0.3 is 24.4 Å². The highest BCUT2D eigenvalue weighted by molar-refractivity contribution is 5.80. The van der Waals surface area contributed by atoms with Crippen LogP contribution < -0.4 is 4.90 Å². The van der Waals surface area contributed by atoms with Crippen LogP contribution in [0.2, 0.25) is 0 Å². The highest BCUT2D eigenvalue weighted by atomic mass is 16.6. The lowest BCUT2D eigenvalue weighted by Gasteiger charge is -2.35. The molecule has 4 rings (SSSR count). The summed E-state index contributed by atoms with van der Waals surface area (Å²) in [7, 11) is 0. The third-order valence-corrected chi connectivity index (χ3v) is 5.67. The third-order valence-electron chi connectivity index (χ3n) is 5.67. The molecule has 0 spiro atoms. The molecule has 2 atom stereocenters. The second kappa shape index (κ2) is 9.17. The van der Waals surface area contributed by atoms with Crippen molar-refractivity contribution in [2.45, 2.75) is 25.0 Å². The van der Waals surface area contributed by atoms with Gasteiger partial charge in [0.15, 0.2) is 0 Å². The Hall–Kier alpha value is -3.06. The number of ether oxygens (including phenoxy) is 2. The minimum atomic E-state index is -0.406. The van der Waals surface area contributed by atoms with Crippen molar-refractivity contribution in [2.24, 2.45) is 0 Å². The van der Waals surface area contributed by atoms with Crippen LogP contribution in [0.15, 0.2) is 54.6 Å². The van der Waals surface area contributed by atoms with Gasteiger partial charge in [0.25, 0.3) is 0 Å². The second-order valence-electron chi connectivity index (χ2n) is 7.64. The summed E-state index contributed by atoms with van der Waals surface area (Å²) in [6.07, 6.45) is -0.178. The molecule has 2 aromatic carbocycles. The minimum Gasteiger partial charge on any atom is -0.459 e. The molecule has 0 aromatic heterocycles. The largest absolute Gasteiger partial charge is 0.459 e. The van der Waals surface area contributed by atoms with E-state index in [9.17, 15) is 14.7 Å². The highest BCUT2D eigenvalue weighted by Gasteiger charge is 2.35. The summed E-state index contributed by atoms with van der Waals surface area (Å²) in [4.78, 5) is 28.2. The molecule has 2 saturated heterocycles. The quantitative estimate of drug-likeness (QED) is 0.764. The summed E-state index contributed by atoms with van der Waals surface area (Å²) in [5.41, 5.74) is 2.94. The number of carbonyl (C=O) groups is 2. The summed E-state index contributed by atoms with van der Waals surface area (Å²) >= 11 is 0. The molecule has 0 bridgehead atoms. The first-order chi connectivity index (χ1) is 14.6. The Bertz CT molecular complexity index is 863. The number of cyclic esters (lactones) is 1. The van der Waals surface area contributed by atoms with Gasteiger partial charge in [0.2, 0.25) is 0 Å². The standard InChI is InChI=1S/C23H26N2O5/c26-15-20-14-21(22(27)30-20)18-6-8-19(9-7-18)24-10-12-25(13-11-24)23(28)29-16-17-4-2-1-3-5-17/h1-9,20-21,26H,10-16H2/t20?,21-/m1/s1. The molecule has 1 amide bonds. The summed E-state index contributed by atoms with van der Waals surface area (Å²) in [5, 5.41) is 9.19. The van der Waals surface area contributed by atoms with Crippen LogP contribution in [0.5, 0.6) is 0 Å². The van der Waals surface area contributed by atoms with Crippen LogP contribution in [0, 0.1) is 0 Å². The van der Waals surface area contributed by atoms with Crippen LogP contribution in [-0.4, -0.2) is 61.0 Å². The number of nitrogens with zero attached hydrogens (tertiary/aromatic N) is 2. The van der Waals surface area contributed by atoms with Crippen LogP contribution in [0.4, 0.5) is 10.5 Å². The van der Waals surface area contributed by atoms with Crippen LogP contribution in [-0.2, 0) is 20.9 Å². The zero-order valence-electron chi connectivity index (χ0n) is 16.8. The van der Waals surface area contributed by atoms with Gasteiger partial charge in [0.1, 0.15) is 12.7 Å². The van der Waals surface area contributed by atoms with E-state index in [1.165, 1.54) is 0 Å². The van der Waals surface area contributed by atoms with E-state index in [4.69, 9.17) is 9.47 Å². The Labute approximate surface area is 175 Å². The molecule has 0 aliphatic carbocycles. The molecule has 2 heterocycles. The Balaban J connectivity index is 1.28. The number of aliphatic hydroxyl groups excluding tert-OH is 1. The van der Waals surface area contributed by atoms with Gasteiger partial charge in [-0.15, -0.1) is 0 Å². The molecule has 7 heteroatoms. The number of piperazine rings is 1. The maximum absolute atomic E-state index is 12.3. The van der Waals surface area contributed by atoms with E-state index < -0.39 is 6.10 Å². The van der Waals surface area contributed by atoms with Gasteiger partial charge in [-0.3, -0.25) is 4.79 Å². The van der Waals surface area contributed by atoms with Crippen LogP contribution in [0.1, 0.15) is 23.5 Å². The number of rotatable bonds is 5. The van der Waals surface area contributed by atoms with Gasteiger partial charge in [0, 0.05) is 38.3 Å². The molecule has 2 aromatic rings. The summed E-state index contributed by atoms with van der Waals surface area (Å²) in [6.45, 7) is 2.78. The van der Waals surface area contributed by atoms with Gasteiger partial charge in [-0.25, -0.2) is 4.79 Å². The van der Waals surface area contributed by atoms with Gasteiger partial charge in [0.05, 0.1) is 12.5 Å². The average Bonchev–Trinajstić information content (AvgIpc) is 3.19. The van der Waals surface area contributed by atoms with Gasteiger partial charge in [-0.1, -0.05) is 42.5 Å². The number of carbonyl (C=O) groups excluding carboxylic acids is 2. The Morgan fingerprint density at radius 3 is 2.37 bits per heavy atom. The molecular formula is C23H26N2O5. The molecule has 2 aliphatic rings. The van der Waals surface area contributed by atoms with E-state index >= 15 is 0 Å². The molecule has 1 unspecified atom stereocenters. The maximum atomic E-state index is 12.3. The van der Waals surface area contributed by atoms with Crippen molar-refractivity contribution in [3.63, 3.8) is 0 Å². The fraction of sp³-hybridized carbons (Fsp3) is 0.391. The minimum absolute atomic E-state index is 0.140. The first-order valence-electron chi connectivity index (χ1n) is 10.3. The number of esters is 1. The first kappa shape index (κ1) is 20.2. The van der Waals surface area contributed by atoms with Crippen LogP contribution >= 0.6 is 0 Å². The Morgan fingerprint density at radius 1 is 1.03 bits per heavy atom. The van der Waals surface area contributed by atoms with Crippen molar-refractivity contribution < 1.29 is 24.2 Å². The molecule has 7 nitrogen and oxygen atoms in total. The molecule has 0 saturated carbocycles. The second-order valence-corrected chi connectivity index (χ2v) is 7.64. The summed E-state index contributed by atoms with van der Waals surface area (Å²) in [6, 6.07) is 17.5. The predicted molar refractivity (Wildman–Crippen MR) is 111 cm³/mol.